The summed E-state index contributed by atoms with van der Waals surface area (Å²) in [6, 6.07) is 12.6. The molecule has 0 fully saturated rings. The monoisotopic (exact) mass is 313 g/mol. The third-order valence-electron chi connectivity index (χ3n) is 3.50. The van der Waals surface area contributed by atoms with E-state index in [1.54, 1.807) is 31.4 Å². The van der Waals surface area contributed by atoms with Crippen LogP contribution in [0.15, 0.2) is 57.3 Å². The number of nitrogens with zero attached hydrogens (tertiary/aromatic N) is 1. The lowest BCUT2D eigenvalue weighted by molar-refractivity contribution is 0.414. The van der Waals surface area contributed by atoms with Gasteiger partial charge in [-0.15, -0.1) is 0 Å². The molecule has 1 aliphatic heterocycles. The predicted molar refractivity (Wildman–Crippen MR) is 88.3 cm³/mol. The second-order valence-corrected chi connectivity index (χ2v) is 6.31. The number of aliphatic hydroxyl groups is 1. The molecule has 0 bridgehead atoms. The van der Waals surface area contributed by atoms with E-state index in [0.717, 1.165) is 17.0 Å². The standard InChI is InChI=1S/C17H15NO3S/c1-11-9-12(21-2)7-8-14(11)18-10-16-17(19)13-5-3-4-6-15(13)22(16)20/h3-10,19H,1-2H3. The molecule has 2 aromatic carbocycles. The number of fused-ring (bicyclic) bond motifs is 1. The molecule has 22 heavy (non-hydrogen) atoms. The Bertz CT molecular complexity index is 824. The summed E-state index contributed by atoms with van der Waals surface area (Å²) in [5.74, 6) is 0.791. The fourth-order valence-electron chi connectivity index (χ4n) is 2.30. The predicted octanol–water partition coefficient (Wildman–Crippen LogP) is 3.75. The topological polar surface area (TPSA) is 58.9 Å². The summed E-state index contributed by atoms with van der Waals surface area (Å²) in [6.45, 7) is 1.92. The zero-order chi connectivity index (χ0) is 15.7. The minimum absolute atomic E-state index is 0.0313. The number of allylic oxidation sites excluding steroid dienone is 1. The fraction of sp³-hybridized carbons (Fsp3) is 0.118. The first-order valence-electron chi connectivity index (χ1n) is 6.75. The van der Waals surface area contributed by atoms with Crippen LogP contribution in [0.1, 0.15) is 11.1 Å². The molecule has 0 saturated carbocycles. The number of hydrogen-bond donors (Lipinski definition) is 1. The van der Waals surface area contributed by atoms with Crippen LogP contribution in [-0.4, -0.2) is 22.6 Å². The molecule has 1 aliphatic rings. The van der Waals surface area contributed by atoms with Gasteiger partial charge in [0.15, 0.2) is 0 Å². The van der Waals surface area contributed by atoms with E-state index in [-0.39, 0.29) is 5.76 Å². The van der Waals surface area contributed by atoms with Crippen molar-refractivity contribution in [1.82, 2.24) is 0 Å². The summed E-state index contributed by atoms with van der Waals surface area (Å²) in [5, 5.41) is 10.2. The van der Waals surface area contributed by atoms with Gasteiger partial charge < -0.3 is 9.84 Å². The number of aliphatic imine (C=N–C) groups is 1. The van der Waals surface area contributed by atoms with E-state index in [4.69, 9.17) is 4.74 Å². The average Bonchev–Trinajstić information content (AvgIpc) is 2.78. The van der Waals surface area contributed by atoms with Crippen LogP contribution in [0.5, 0.6) is 5.75 Å². The van der Waals surface area contributed by atoms with Gasteiger partial charge in [-0.25, -0.2) is 4.21 Å². The van der Waals surface area contributed by atoms with Gasteiger partial charge in [-0.05, 0) is 42.8 Å². The number of ether oxygens (including phenoxy) is 1. The van der Waals surface area contributed by atoms with Crippen LogP contribution >= 0.6 is 0 Å². The molecule has 1 unspecified atom stereocenters. The van der Waals surface area contributed by atoms with Gasteiger partial charge in [0.05, 0.1) is 28.5 Å². The fourth-order valence-corrected chi connectivity index (χ4v) is 3.54. The summed E-state index contributed by atoms with van der Waals surface area (Å²) in [4.78, 5) is 5.30. The van der Waals surface area contributed by atoms with Crippen molar-refractivity contribution in [3.8, 4) is 5.75 Å². The Labute approximate surface area is 131 Å². The molecule has 1 heterocycles. The second-order valence-electron chi connectivity index (χ2n) is 4.89. The van der Waals surface area contributed by atoms with E-state index in [2.05, 4.69) is 4.99 Å². The zero-order valence-corrected chi connectivity index (χ0v) is 13.1. The van der Waals surface area contributed by atoms with Gasteiger partial charge in [0.2, 0.25) is 0 Å². The molecule has 5 heteroatoms. The second kappa shape index (κ2) is 5.77. The highest BCUT2D eigenvalue weighted by molar-refractivity contribution is 7.90. The van der Waals surface area contributed by atoms with Crippen LogP contribution in [0.2, 0.25) is 0 Å². The molecular formula is C17H15NO3S. The van der Waals surface area contributed by atoms with Crippen molar-refractivity contribution in [3.63, 3.8) is 0 Å². The maximum atomic E-state index is 12.4. The maximum Gasteiger partial charge on any atom is 0.142 e. The van der Waals surface area contributed by atoms with Crippen LogP contribution in [0, 0.1) is 6.92 Å². The third-order valence-corrected chi connectivity index (χ3v) is 4.95. The third kappa shape index (κ3) is 2.44. The number of methoxy groups -OCH3 is 1. The molecule has 1 atom stereocenters. The summed E-state index contributed by atoms with van der Waals surface area (Å²) >= 11 is 0. The molecule has 0 aliphatic carbocycles. The van der Waals surface area contributed by atoms with Gasteiger partial charge in [0, 0.05) is 11.8 Å². The largest absolute Gasteiger partial charge is 0.506 e. The Morgan fingerprint density at radius 3 is 2.68 bits per heavy atom. The Morgan fingerprint density at radius 1 is 1.23 bits per heavy atom. The first-order valence-corrected chi connectivity index (χ1v) is 7.90. The van der Waals surface area contributed by atoms with Crippen molar-refractivity contribution in [2.75, 3.05) is 7.11 Å². The molecule has 0 aromatic heterocycles. The SMILES string of the molecule is COc1ccc(N=CC2=C(O)c3ccccc3S2=O)c(C)c1. The number of rotatable bonds is 3. The lowest BCUT2D eigenvalue weighted by Crippen LogP contribution is -1.92. The minimum atomic E-state index is -1.40. The summed E-state index contributed by atoms with van der Waals surface area (Å²) in [5.41, 5.74) is 2.29. The molecular weight excluding hydrogens is 298 g/mol. The maximum absolute atomic E-state index is 12.4. The van der Waals surface area contributed by atoms with Crippen LogP contribution in [0.3, 0.4) is 0 Å². The Kier molecular flexibility index (Phi) is 3.81. The summed E-state index contributed by atoms with van der Waals surface area (Å²) < 4.78 is 17.6. The number of aliphatic hydroxyl groups excluding tert-OH is 1. The van der Waals surface area contributed by atoms with Gasteiger partial charge in [0.25, 0.3) is 0 Å². The van der Waals surface area contributed by atoms with E-state index >= 15 is 0 Å². The quantitative estimate of drug-likeness (QED) is 0.878. The molecule has 112 valence electrons. The Balaban J connectivity index is 1.94. The van der Waals surface area contributed by atoms with E-state index in [9.17, 15) is 9.32 Å². The number of aryl methyl sites for hydroxylation is 1. The van der Waals surface area contributed by atoms with E-state index in [1.165, 1.54) is 6.21 Å². The van der Waals surface area contributed by atoms with Crippen molar-refractivity contribution >= 4 is 28.5 Å². The first-order chi connectivity index (χ1) is 10.6. The van der Waals surface area contributed by atoms with Crippen molar-refractivity contribution in [2.45, 2.75) is 11.8 Å². The van der Waals surface area contributed by atoms with Gasteiger partial charge >= 0.3 is 0 Å². The van der Waals surface area contributed by atoms with E-state index < -0.39 is 10.8 Å². The highest BCUT2D eigenvalue weighted by atomic mass is 32.2. The Morgan fingerprint density at radius 2 is 2.00 bits per heavy atom. The van der Waals surface area contributed by atoms with Crippen molar-refractivity contribution in [1.29, 1.82) is 0 Å². The van der Waals surface area contributed by atoms with Crippen LogP contribution in [0.25, 0.3) is 5.76 Å². The average molecular weight is 313 g/mol. The van der Waals surface area contributed by atoms with Gasteiger partial charge in [-0.1, -0.05) is 12.1 Å². The molecule has 1 N–H and O–H groups in total. The van der Waals surface area contributed by atoms with Crippen LogP contribution in [0.4, 0.5) is 5.69 Å². The van der Waals surface area contributed by atoms with Crippen molar-refractivity contribution in [2.24, 2.45) is 4.99 Å². The van der Waals surface area contributed by atoms with Crippen LogP contribution < -0.4 is 4.74 Å². The Hall–Kier alpha value is -2.40. The first kappa shape index (κ1) is 14.5. The molecule has 4 nitrogen and oxygen atoms in total. The van der Waals surface area contributed by atoms with Gasteiger partial charge in [0.1, 0.15) is 16.4 Å². The highest BCUT2D eigenvalue weighted by Crippen LogP contribution is 2.34. The molecule has 0 saturated heterocycles. The number of benzene rings is 2. The molecule has 0 radical (unpaired) electrons. The van der Waals surface area contributed by atoms with Crippen molar-refractivity contribution in [3.05, 3.63) is 58.5 Å². The molecule has 0 amide bonds. The lowest BCUT2D eigenvalue weighted by atomic mass is 10.2. The minimum Gasteiger partial charge on any atom is -0.506 e. The summed E-state index contributed by atoms with van der Waals surface area (Å²) in [7, 11) is 0.214. The van der Waals surface area contributed by atoms with E-state index in [1.807, 2.05) is 25.1 Å². The summed E-state index contributed by atoms with van der Waals surface area (Å²) in [6.07, 6.45) is 1.47. The van der Waals surface area contributed by atoms with Crippen LogP contribution in [-0.2, 0) is 10.8 Å². The van der Waals surface area contributed by atoms with E-state index in [0.29, 0.717) is 15.4 Å². The number of hydrogen-bond acceptors (Lipinski definition) is 4. The highest BCUT2D eigenvalue weighted by Gasteiger charge is 2.26. The lowest BCUT2D eigenvalue weighted by Gasteiger charge is -2.03. The van der Waals surface area contributed by atoms with Gasteiger partial charge in [-0.2, -0.15) is 0 Å². The normalized spacial score (nSPS) is 17.1. The van der Waals surface area contributed by atoms with Gasteiger partial charge in [-0.3, -0.25) is 4.99 Å². The smallest absolute Gasteiger partial charge is 0.142 e. The van der Waals surface area contributed by atoms with Crippen molar-refractivity contribution < 1.29 is 14.1 Å². The zero-order valence-electron chi connectivity index (χ0n) is 12.2. The molecule has 2 aromatic rings. The molecule has 3 rings (SSSR count). The molecule has 0 spiro atoms.